The number of nitro benzene ring substituents is 1. The number of hydrogen-bond acceptors (Lipinski definition) is 6. The maximum atomic E-state index is 12.9. The summed E-state index contributed by atoms with van der Waals surface area (Å²) in [6.07, 6.45) is 1.77. The van der Waals surface area contributed by atoms with Crippen molar-refractivity contribution < 1.29 is 18.1 Å². The van der Waals surface area contributed by atoms with Crippen LogP contribution in [0.15, 0.2) is 23.1 Å². The molecule has 1 unspecified atom stereocenters. The van der Waals surface area contributed by atoms with Crippen molar-refractivity contribution in [1.82, 2.24) is 9.62 Å². The maximum Gasteiger partial charge on any atom is 0.273 e. The van der Waals surface area contributed by atoms with Gasteiger partial charge in [0.05, 0.1) is 18.1 Å². The molecule has 10 heteroatoms. The van der Waals surface area contributed by atoms with Gasteiger partial charge in [0.1, 0.15) is 10.6 Å². The number of rotatable bonds is 6. The van der Waals surface area contributed by atoms with Gasteiger partial charge in [0.15, 0.2) is 0 Å². The van der Waals surface area contributed by atoms with Crippen molar-refractivity contribution in [3.8, 4) is 5.75 Å². The van der Waals surface area contributed by atoms with Crippen molar-refractivity contribution in [3.05, 3.63) is 28.3 Å². The molecule has 0 amide bonds. The largest absolute Gasteiger partial charge is 0.495 e. The minimum absolute atomic E-state index is 0. The zero-order chi connectivity index (χ0) is 17.0. The second-order valence-electron chi connectivity index (χ2n) is 5.52. The van der Waals surface area contributed by atoms with E-state index in [4.69, 9.17) is 4.74 Å². The lowest BCUT2D eigenvalue weighted by Crippen LogP contribution is -2.42. The number of methoxy groups -OCH3 is 1. The number of hydrogen-bond donors (Lipinski definition) is 1. The average Bonchev–Trinajstić information content (AvgIpc) is 2.54. The smallest absolute Gasteiger partial charge is 0.273 e. The molecule has 0 saturated carbocycles. The molecule has 1 aliphatic rings. The number of ether oxygens (including phenoxy) is 1. The molecule has 1 N–H and O–H groups in total. The summed E-state index contributed by atoms with van der Waals surface area (Å²) in [4.78, 5) is 10.2. The number of nitro groups is 1. The fourth-order valence-corrected chi connectivity index (χ4v) is 4.51. The molecular weight excluding hydrogens is 358 g/mol. The van der Waals surface area contributed by atoms with Crippen LogP contribution in [0, 0.1) is 16.0 Å². The van der Waals surface area contributed by atoms with Gasteiger partial charge in [0.25, 0.3) is 5.69 Å². The fourth-order valence-electron chi connectivity index (χ4n) is 2.82. The van der Waals surface area contributed by atoms with Crippen LogP contribution in [0.4, 0.5) is 5.69 Å². The highest BCUT2D eigenvalue weighted by atomic mass is 35.5. The molecule has 24 heavy (non-hydrogen) atoms. The Bertz CT molecular complexity index is 681. The summed E-state index contributed by atoms with van der Waals surface area (Å²) in [5, 5.41) is 13.9. The third kappa shape index (κ3) is 4.35. The van der Waals surface area contributed by atoms with E-state index >= 15 is 0 Å². The highest BCUT2D eigenvalue weighted by Gasteiger charge is 2.32. The molecule has 1 aromatic rings. The summed E-state index contributed by atoms with van der Waals surface area (Å²) < 4.78 is 32.2. The van der Waals surface area contributed by atoms with Crippen molar-refractivity contribution in [2.45, 2.75) is 17.7 Å². The Morgan fingerprint density at radius 3 is 2.75 bits per heavy atom. The van der Waals surface area contributed by atoms with Crippen LogP contribution in [0.5, 0.6) is 5.75 Å². The topological polar surface area (TPSA) is 102 Å². The van der Waals surface area contributed by atoms with Gasteiger partial charge in [0, 0.05) is 19.2 Å². The zero-order valence-corrected chi connectivity index (χ0v) is 15.2. The number of nitrogens with zero attached hydrogens (tertiary/aromatic N) is 2. The number of piperidine rings is 1. The Morgan fingerprint density at radius 1 is 1.46 bits per heavy atom. The summed E-state index contributed by atoms with van der Waals surface area (Å²) in [5.41, 5.74) is -0.201. The minimum atomic E-state index is -3.74. The van der Waals surface area contributed by atoms with Crippen LogP contribution in [-0.4, -0.2) is 51.4 Å². The zero-order valence-electron chi connectivity index (χ0n) is 13.6. The van der Waals surface area contributed by atoms with Crippen molar-refractivity contribution in [1.29, 1.82) is 0 Å². The molecule has 0 aromatic heterocycles. The predicted molar refractivity (Wildman–Crippen MR) is 92.3 cm³/mol. The van der Waals surface area contributed by atoms with E-state index in [0.29, 0.717) is 13.1 Å². The molecule has 0 spiro atoms. The molecule has 0 bridgehead atoms. The fraction of sp³-hybridized carbons (Fsp3) is 0.571. The molecule has 1 aromatic carbocycles. The first kappa shape index (κ1) is 20.6. The lowest BCUT2D eigenvalue weighted by Gasteiger charge is -2.32. The van der Waals surface area contributed by atoms with Crippen molar-refractivity contribution in [2.24, 2.45) is 5.92 Å². The summed E-state index contributed by atoms with van der Waals surface area (Å²) in [5.74, 6) is 0.252. The van der Waals surface area contributed by atoms with Crippen molar-refractivity contribution in [2.75, 3.05) is 33.8 Å². The molecule has 1 aliphatic heterocycles. The number of benzene rings is 1. The Morgan fingerprint density at radius 2 is 2.17 bits per heavy atom. The first-order valence-corrected chi connectivity index (χ1v) is 8.81. The highest BCUT2D eigenvalue weighted by Crippen LogP contribution is 2.32. The molecule has 0 radical (unpaired) electrons. The van der Waals surface area contributed by atoms with Gasteiger partial charge in [-0.2, -0.15) is 4.31 Å². The summed E-state index contributed by atoms with van der Waals surface area (Å²) in [7, 11) is -0.597. The third-order valence-corrected chi connectivity index (χ3v) is 5.85. The molecule has 1 atom stereocenters. The number of non-ortho nitro benzene ring substituents is 1. The van der Waals surface area contributed by atoms with Gasteiger partial charge in [-0.25, -0.2) is 8.42 Å². The van der Waals surface area contributed by atoms with E-state index in [-0.39, 0.29) is 34.7 Å². The van der Waals surface area contributed by atoms with Gasteiger partial charge in [-0.05, 0) is 38.4 Å². The van der Waals surface area contributed by atoms with Crippen molar-refractivity contribution in [3.63, 3.8) is 0 Å². The van der Waals surface area contributed by atoms with Crippen LogP contribution < -0.4 is 10.1 Å². The van der Waals surface area contributed by atoms with Crippen LogP contribution in [0.25, 0.3) is 0 Å². The van der Waals surface area contributed by atoms with Gasteiger partial charge in [0.2, 0.25) is 10.0 Å². The van der Waals surface area contributed by atoms with Gasteiger partial charge in [-0.1, -0.05) is 0 Å². The van der Waals surface area contributed by atoms with Crippen LogP contribution in [0.3, 0.4) is 0 Å². The Kier molecular flexibility index (Phi) is 7.40. The van der Waals surface area contributed by atoms with E-state index in [1.54, 1.807) is 0 Å². The van der Waals surface area contributed by atoms with E-state index in [0.717, 1.165) is 25.5 Å². The Labute approximate surface area is 147 Å². The Hall–Kier alpha value is -1.42. The second kappa shape index (κ2) is 8.61. The lowest BCUT2D eigenvalue weighted by atomic mass is 10.00. The third-order valence-electron chi connectivity index (χ3n) is 3.95. The van der Waals surface area contributed by atoms with E-state index in [1.807, 2.05) is 7.05 Å². The molecule has 2 rings (SSSR count). The molecular formula is C14H22ClN3O5S. The first-order chi connectivity index (χ1) is 10.9. The molecule has 8 nitrogen and oxygen atoms in total. The number of nitrogens with one attached hydrogen (secondary N) is 1. The SMILES string of the molecule is CNCC1CCCN(S(=O)(=O)c2ccc([N+](=O)[O-])cc2OC)C1.Cl. The molecule has 0 aliphatic carbocycles. The Balaban J connectivity index is 0.00000288. The lowest BCUT2D eigenvalue weighted by molar-refractivity contribution is -0.385. The van der Waals surface area contributed by atoms with E-state index in [1.165, 1.54) is 23.5 Å². The van der Waals surface area contributed by atoms with Crippen LogP contribution in [-0.2, 0) is 10.0 Å². The second-order valence-corrected chi connectivity index (χ2v) is 7.43. The number of halogens is 1. The standard InChI is InChI=1S/C14H21N3O5S.ClH/c1-15-9-11-4-3-7-16(10-11)23(20,21)14-6-5-12(17(18)19)8-13(14)22-2;/h5-6,8,11,15H,3-4,7,9-10H2,1-2H3;1H. The first-order valence-electron chi connectivity index (χ1n) is 7.37. The van der Waals surface area contributed by atoms with Crippen molar-refractivity contribution >= 4 is 28.1 Å². The monoisotopic (exact) mass is 379 g/mol. The molecule has 1 fully saturated rings. The molecule has 1 saturated heterocycles. The average molecular weight is 380 g/mol. The molecule has 136 valence electrons. The van der Waals surface area contributed by atoms with E-state index in [2.05, 4.69) is 5.32 Å². The molecule has 1 heterocycles. The highest BCUT2D eigenvalue weighted by molar-refractivity contribution is 7.89. The number of sulfonamides is 1. The predicted octanol–water partition coefficient (Wildman–Crippen LogP) is 1.65. The van der Waals surface area contributed by atoms with Crippen LogP contribution in [0.2, 0.25) is 0 Å². The van der Waals surface area contributed by atoms with E-state index < -0.39 is 14.9 Å². The van der Waals surface area contributed by atoms with Gasteiger partial charge in [-0.3, -0.25) is 10.1 Å². The summed E-state index contributed by atoms with van der Waals surface area (Å²) in [6.45, 7) is 1.63. The maximum absolute atomic E-state index is 12.9. The van der Waals surface area contributed by atoms with Gasteiger partial charge >= 0.3 is 0 Å². The van der Waals surface area contributed by atoms with Crippen LogP contribution in [0.1, 0.15) is 12.8 Å². The minimum Gasteiger partial charge on any atom is -0.495 e. The van der Waals surface area contributed by atoms with E-state index in [9.17, 15) is 18.5 Å². The normalized spacial score (nSPS) is 18.7. The van der Waals surface area contributed by atoms with Crippen LogP contribution >= 0.6 is 12.4 Å². The van der Waals surface area contributed by atoms with Gasteiger partial charge < -0.3 is 10.1 Å². The summed E-state index contributed by atoms with van der Waals surface area (Å²) in [6, 6.07) is 3.57. The summed E-state index contributed by atoms with van der Waals surface area (Å²) >= 11 is 0. The van der Waals surface area contributed by atoms with Gasteiger partial charge in [-0.15, -0.1) is 12.4 Å². The quantitative estimate of drug-likeness (QED) is 0.595.